The molecule has 0 aromatic heterocycles. The van der Waals surface area contributed by atoms with Crippen LogP contribution in [0.25, 0.3) is 0 Å². The summed E-state index contributed by atoms with van der Waals surface area (Å²) in [6, 6.07) is 5.96. The van der Waals surface area contributed by atoms with Gasteiger partial charge in [-0.15, -0.1) is 0 Å². The molecule has 2 aliphatic rings. The van der Waals surface area contributed by atoms with Gasteiger partial charge in [0.1, 0.15) is 5.82 Å². The smallest absolute Gasteiger partial charge is 0.123 e. The first-order valence-electron chi connectivity index (χ1n) is 6.62. The molecule has 4 heteroatoms. The maximum absolute atomic E-state index is 13.1. The van der Waals surface area contributed by atoms with Crippen molar-refractivity contribution in [2.45, 2.75) is 37.8 Å². The molecule has 1 aliphatic carbocycles. The fourth-order valence-electron chi connectivity index (χ4n) is 3.00. The van der Waals surface area contributed by atoms with Crippen molar-refractivity contribution in [3.8, 4) is 0 Å². The molecule has 0 saturated carbocycles. The summed E-state index contributed by atoms with van der Waals surface area (Å²) in [6.45, 7) is 0. The average Bonchev–Trinajstić information content (AvgIpc) is 2.74. The van der Waals surface area contributed by atoms with E-state index >= 15 is 0 Å². The first-order chi connectivity index (χ1) is 8.72. The third kappa shape index (κ3) is 2.50. The average molecular weight is 267 g/mol. The van der Waals surface area contributed by atoms with Crippen molar-refractivity contribution in [1.29, 1.82) is 0 Å². The van der Waals surface area contributed by atoms with Gasteiger partial charge in [0.15, 0.2) is 0 Å². The summed E-state index contributed by atoms with van der Waals surface area (Å²) >= 11 is 0. The summed E-state index contributed by atoms with van der Waals surface area (Å²) in [6.07, 6.45) is 4.01. The SMILES string of the molecule is O=S1CCC(NC2CCc3cc(F)ccc32)CC1. The number of benzene rings is 1. The molecule has 1 aliphatic heterocycles. The number of hydrogen-bond donors (Lipinski definition) is 1. The number of fused-ring (bicyclic) bond motifs is 1. The molecule has 1 aromatic rings. The van der Waals surface area contributed by atoms with Gasteiger partial charge in [0, 0.05) is 34.4 Å². The molecule has 2 nitrogen and oxygen atoms in total. The molecule has 3 rings (SSSR count). The molecule has 1 heterocycles. The van der Waals surface area contributed by atoms with Gasteiger partial charge in [-0.05, 0) is 48.9 Å². The number of halogens is 1. The molecule has 98 valence electrons. The molecular formula is C14H18FNOS. The summed E-state index contributed by atoms with van der Waals surface area (Å²) in [5, 5.41) is 3.66. The molecule has 0 radical (unpaired) electrons. The Balaban J connectivity index is 1.67. The second kappa shape index (κ2) is 5.10. The van der Waals surface area contributed by atoms with E-state index in [4.69, 9.17) is 0 Å². The lowest BCUT2D eigenvalue weighted by Crippen LogP contribution is -2.37. The minimum atomic E-state index is -0.602. The van der Waals surface area contributed by atoms with Crippen LogP contribution in [0.3, 0.4) is 0 Å². The summed E-state index contributed by atoms with van der Waals surface area (Å²) in [5.41, 5.74) is 2.40. The van der Waals surface area contributed by atoms with Crippen molar-refractivity contribution < 1.29 is 8.60 Å². The zero-order valence-corrected chi connectivity index (χ0v) is 11.1. The van der Waals surface area contributed by atoms with Gasteiger partial charge in [0.2, 0.25) is 0 Å². The molecule has 1 unspecified atom stereocenters. The van der Waals surface area contributed by atoms with Crippen LogP contribution in [0.1, 0.15) is 36.4 Å². The molecule has 18 heavy (non-hydrogen) atoms. The Bertz CT molecular complexity index is 467. The van der Waals surface area contributed by atoms with E-state index in [9.17, 15) is 8.60 Å². The predicted octanol–water partition coefficient (Wildman–Crippen LogP) is 2.31. The van der Waals surface area contributed by atoms with E-state index in [1.807, 2.05) is 6.07 Å². The monoisotopic (exact) mass is 267 g/mol. The summed E-state index contributed by atoms with van der Waals surface area (Å²) in [5.74, 6) is 1.50. The Morgan fingerprint density at radius 1 is 1.22 bits per heavy atom. The van der Waals surface area contributed by atoms with E-state index in [1.165, 1.54) is 5.56 Å². The van der Waals surface area contributed by atoms with Gasteiger partial charge in [-0.25, -0.2) is 4.39 Å². The van der Waals surface area contributed by atoms with E-state index in [0.29, 0.717) is 12.1 Å². The van der Waals surface area contributed by atoms with Crippen molar-refractivity contribution in [2.75, 3.05) is 11.5 Å². The van der Waals surface area contributed by atoms with E-state index in [1.54, 1.807) is 12.1 Å². The zero-order valence-electron chi connectivity index (χ0n) is 10.3. The second-order valence-electron chi connectivity index (χ2n) is 5.22. The predicted molar refractivity (Wildman–Crippen MR) is 71.5 cm³/mol. The first-order valence-corrected chi connectivity index (χ1v) is 8.10. The van der Waals surface area contributed by atoms with Gasteiger partial charge >= 0.3 is 0 Å². The molecule has 1 N–H and O–H groups in total. The Morgan fingerprint density at radius 2 is 2.00 bits per heavy atom. The maximum atomic E-state index is 13.1. The van der Waals surface area contributed by atoms with Gasteiger partial charge in [-0.3, -0.25) is 4.21 Å². The van der Waals surface area contributed by atoms with Crippen molar-refractivity contribution in [3.63, 3.8) is 0 Å². The zero-order chi connectivity index (χ0) is 12.5. The van der Waals surface area contributed by atoms with Gasteiger partial charge in [-0.2, -0.15) is 0 Å². The van der Waals surface area contributed by atoms with Gasteiger partial charge in [-0.1, -0.05) is 6.07 Å². The molecule has 0 amide bonds. The van der Waals surface area contributed by atoms with Crippen LogP contribution in [0.4, 0.5) is 4.39 Å². The highest BCUT2D eigenvalue weighted by atomic mass is 32.2. The molecule has 0 spiro atoms. The van der Waals surface area contributed by atoms with Crippen molar-refractivity contribution >= 4 is 10.8 Å². The van der Waals surface area contributed by atoms with Crippen molar-refractivity contribution in [1.82, 2.24) is 5.32 Å². The van der Waals surface area contributed by atoms with Crippen LogP contribution in [-0.2, 0) is 17.2 Å². The van der Waals surface area contributed by atoms with Gasteiger partial charge in [0.25, 0.3) is 0 Å². The van der Waals surface area contributed by atoms with E-state index < -0.39 is 10.8 Å². The Labute approximate surface area is 109 Å². The fraction of sp³-hybridized carbons (Fsp3) is 0.571. The van der Waals surface area contributed by atoms with Gasteiger partial charge < -0.3 is 5.32 Å². The lowest BCUT2D eigenvalue weighted by molar-refractivity contribution is 0.408. The van der Waals surface area contributed by atoms with Crippen LogP contribution in [-0.4, -0.2) is 21.8 Å². The molecule has 1 fully saturated rings. The lowest BCUT2D eigenvalue weighted by atomic mass is 10.1. The number of aryl methyl sites for hydroxylation is 1. The molecule has 0 bridgehead atoms. The van der Waals surface area contributed by atoms with Crippen LogP contribution >= 0.6 is 0 Å². The third-order valence-corrected chi connectivity index (χ3v) is 5.39. The van der Waals surface area contributed by atoms with Gasteiger partial charge in [0.05, 0.1) is 0 Å². The fourth-order valence-corrected chi connectivity index (χ4v) is 4.30. The largest absolute Gasteiger partial charge is 0.307 e. The third-order valence-electron chi connectivity index (χ3n) is 4.01. The van der Waals surface area contributed by atoms with Crippen LogP contribution in [0.5, 0.6) is 0 Å². The lowest BCUT2D eigenvalue weighted by Gasteiger charge is -2.26. The van der Waals surface area contributed by atoms with E-state index in [2.05, 4.69) is 5.32 Å². The van der Waals surface area contributed by atoms with Crippen LogP contribution in [0.15, 0.2) is 18.2 Å². The van der Waals surface area contributed by atoms with E-state index in [0.717, 1.165) is 42.8 Å². The Kier molecular flexibility index (Phi) is 3.48. The minimum absolute atomic E-state index is 0.137. The molecule has 1 aromatic carbocycles. The number of nitrogens with one attached hydrogen (secondary N) is 1. The first kappa shape index (κ1) is 12.3. The second-order valence-corrected chi connectivity index (χ2v) is 6.92. The highest BCUT2D eigenvalue weighted by molar-refractivity contribution is 7.85. The summed E-state index contributed by atoms with van der Waals surface area (Å²) < 4.78 is 24.5. The summed E-state index contributed by atoms with van der Waals surface area (Å²) in [4.78, 5) is 0. The van der Waals surface area contributed by atoms with Crippen LogP contribution in [0.2, 0.25) is 0 Å². The van der Waals surface area contributed by atoms with E-state index in [-0.39, 0.29) is 5.82 Å². The normalized spacial score (nSPS) is 31.3. The highest BCUT2D eigenvalue weighted by Crippen LogP contribution is 2.32. The van der Waals surface area contributed by atoms with Crippen molar-refractivity contribution in [3.05, 3.63) is 35.1 Å². The standard InChI is InChI=1S/C14H18FNOS/c15-11-2-3-13-10(9-11)1-4-14(13)16-12-5-7-18(17)8-6-12/h2-3,9,12,14,16H,1,4-8H2. The summed E-state index contributed by atoms with van der Waals surface area (Å²) in [7, 11) is -0.602. The molecule has 1 saturated heterocycles. The van der Waals surface area contributed by atoms with Crippen LogP contribution in [0, 0.1) is 5.82 Å². The molecule has 1 atom stereocenters. The topological polar surface area (TPSA) is 29.1 Å². The van der Waals surface area contributed by atoms with Crippen molar-refractivity contribution in [2.24, 2.45) is 0 Å². The Hall–Kier alpha value is -0.740. The molecular weight excluding hydrogens is 249 g/mol. The highest BCUT2D eigenvalue weighted by Gasteiger charge is 2.26. The van der Waals surface area contributed by atoms with Crippen LogP contribution < -0.4 is 5.32 Å². The maximum Gasteiger partial charge on any atom is 0.123 e. The Morgan fingerprint density at radius 3 is 2.78 bits per heavy atom. The quantitative estimate of drug-likeness (QED) is 0.891. The number of rotatable bonds is 2. The minimum Gasteiger partial charge on any atom is -0.307 e. The number of hydrogen-bond acceptors (Lipinski definition) is 2.